The number of hydrogen-bond donors (Lipinski definition) is 1. The van der Waals surface area contributed by atoms with E-state index in [1.807, 2.05) is 60.7 Å². The molecule has 2 heterocycles. The van der Waals surface area contributed by atoms with Gasteiger partial charge in [0.2, 0.25) is 5.78 Å². The summed E-state index contributed by atoms with van der Waals surface area (Å²) in [4.78, 5) is 27.5. The topological polar surface area (TPSA) is 70.8 Å². The molecule has 0 fully saturated rings. The van der Waals surface area contributed by atoms with E-state index in [0.29, 0.717) is 5.76 Å². The van der Waals surface area contributed by atoms with E-state index in [-0.39, 0.29) is 17.9 Å². The molecule has 28 heavy (non-hydrogen) atoms. The Kier molecular flexibility index (Phi) is 4.57. The van der Waals surface area contributed by atoms with Crippen LogP contribution in [-0.4, -0.2) is 21.7 Å². The predicted molar refractivity (Wildman–Crippen MR) is 104 cm³/mol. The van der Waals surface area contributed by atoms with Gasteiger partial charge in [0.25, 0.3) is 5.91 Å². The molecule has 3 aromatic rings. The maximum absolute atomic E-state index is 13.1. The average molecular weight is 373 g/mol. The van der Waals surface area contributed by atoms with Crippen LogP contribution in [0.1, 0.15) is 33.5 Å². The van der Waals surface area contributed by atoms with Crippen LogP contribution in [0.15, 0.2) is 88.5 Å². The predicted octanol–water partition coefficient (Wildman–Crippen LogP) is 4.37. The fourth-order valence-corrected chi connectivity index (χ4v) is 3.50. The number of amides is 1. The van der Waals surface area contributed by atoms with Crippen molar-refractivity contribution in [3.63, 3.8) is 0 Å². The van der Waals surface area contributed by atoms with E-state index in [4.69, 9.17) is 4.42 Å². The maximum Gasteiger partial charge on any atom is 0.290 e. The summed E-state index contributed by atoms with van der Waals surface area (Å²) in [6.45, 7) is 2.01. The first-order valence-corrected chi connectivity index (χ1v) is 9.00. The van der Waals surface area contributed by atoms with E-state index < -0.39 is 23.5 Å². The lowest BCUT2D eigenvalue weighted by molar-refractivity contribution is -0.130. The molecule has 1 amide bonds. The summed E-state index contributed by atoms with van der Waals surface area (Å²) in [5, 5.41) is 10.6. The highest BCUT2D eigenvalue weighted by molar-refractivity contribution is 6.15. The highest BCUT2D eigenvalue weighted by Crippen LogP contribution is 2.39. The van der Waals surface area contributed by atoms with Crippen molar-refractivity contribution in [1.82, 2.24) is 4.90 Å². The normalized spacial score (nSPS) is 16.7. The largest absolute Gasteiger partial charge is 0.503 e. The minimum Gasteiger partial charge on any atom is -0.503 e. The van der Waals surface area contributed by atoms with Crippen molar-refractivity contribution in [1.29, 1.82) is 0 Å². The number of Topliss-reactive ketones (excluding diaryl/α,β-unsaturated/α-hetero) is 1. The lowest BCUT2D eigenvalue weighted by Crippen LogP contribution is -2.30. The molecule has 1 aliphatic rings. The van der Waals surface area contributed by atoms with Gasteiger partial charge in [-0.1, -0.05) is 60.7 Å². The second kappa shape index (κ2) is 7.19. The van der Waals surface area contributed by atoms with Crippen molar-refractivity contribution < 1.29 is 19.1 Å². The number of nitrogens with zero attached hydrogens (tertiary/aromatic N) is 1. The van der Waals surface area contributed by atoms with Crippen LogP contribution in [0.5, 0.6) is 0 Å². The molecule has 0 saturated carbocycles. The number of carbonyl (C=O) groups is 2. The van der Waals surface area contributed by atoms with Crippen LogP contribution in [0.25, 0.3) is 0 Å². The second-order valence-electron chi connectivity index (χ2n) is 6.73. The van der Waals surface area contributed by atoms with Crippen LogP contribution in [0.4, 0.5) is 0 Å². The Labute approximate surface area is 162 Å². The summed E-state index contributed by atoms with van der Waals surface area (Å²) in [5.74, 6) is -0.879. The number of aliphatic hydroxyl groups excluding tert-OH is 1. The Bertz CT molecular complexity index is 1050. The zero-order valence-electron chi connectivity index (χ0n) is 15.3. The molecule has 140 valence electrons. The number of carbonyl (C=O) groups excluding carboxylic acids is 2. The Hall–Kier alpha value is -3.60. The molecule has 5 nitrogen and oxygen atoms in total. The van der Waals surface area contributed by atoms with Gasteiger partial charge in [-0.3, -0.25) is 9.59 Å². The standard InChI is InChI=1S/C23H19NO4/c1-15-12-13-18(28-15)21(25)19-20(17-10-6-3-7-11-17)24(23(27)22(19)26)14-16-8-4-2-5-9-16/h2-13,20,26H,14H2,1H3. The zero-order chi connectivity index (χ0) is 19.7. The monoisotopic (exact) mass is 373 g/mol. The molecule has 0 saturated heterocycles. The van der Waals surface area contributed by atoms with Crippen LogP contribution in [0.3, 0.4) is 0 Å². The molecule has 4 rings (SSSR count). The third-order valence-electron chi connectivity index (χ3n) is 4.82. The van der Waals surface area contributed by atoms with Gasteiger partial charge in [0.1, 0.15) is 5.76 Å². The number of benzene rings is 2. The van der Waals surface area contributed by atoms with E-state index in [1.165, 1.54) is 4.90 Å². The van der Waals surface area contributed by atoms with Crippen LogP contribution in [0, 0.1) is 6.92 Å². The van der Waals surface area contributed by atoms with Crippen molar-refractivity contribution in [2.75, 3.05) is 0 Å². The fourth-order valence-electron chi connectivity index (χ4n) is 3.50. The molecule has 0 bridgehead atoms. The maximum atomic E-state index is 13.1. The Morgan fingerprint density at radius 2 is 1.64 bits per heavy atom. The van der Waals surface area contributed by atoms with Crippen LogP contribution < -0.4 is 0 Å². The van der Waals surface area contributed by atoms with Crippen molar-refractivity contribution in [2.45, 2.75) is 19.5 Å². The van der Waals surface area contributed by atoms with Crippen LogP contribution in [0.2, 0.25) is 0 Å². The highest BCUT2D eigenvalue weighted by Gasteiger charge is 2.44. The van der Waals surface area contributed by atoms with Gasteiger partial charge < -0.3 is 14.4 Å². The molecule has 1 N–H and O–H groups in total. The van der Waals surface area contributed by atoms with E-state index in [9.17, 15) is 14.7 Å². The number of aliphatic hydroxyl groups is 1. The Morgan fingerprint density at radius 3 is 2.25 bits per heavy atom. The van der Waals surface area contributed by atoms with Gasteiger partial charge in [-0.15, -0.1) is 0 Å². The van der Waals surface area contributed by atoms with E-state index in [0.717, 1.165) is 11.1 Å². The minimum absolute atomic E-state index is 0.0430. The minimum atomic E-state index is -0.688. The SMILES string of the molecule is Cc1ccc(C(=O)C2=C(O)C(=O)N(Cc3ccccc3)C2c2ccccc2)o1. The summed E-state index contributed by atoms with van der Waals surface area (Å²) in [5.41, 5.74) is 1.70. The van der Waals surface area contributed by atoms with Crippen molar-refractivity contribution >= 4 is 11.7 Å². The number of furan rings is 1. The molecule has 0 spiro atoms. The summed E-state index contributed by atoms with van der Waals surface area (Å²) in [6.07, 6.45) is 0. The van der Waals surface area contributed by atoms with Gasteiger partial charge in [-0.05, 0) is 30.2 Å². The van der Waals surface area contributed by atoms with Gasteiger partial charge in [-0.25, -0.2) is 0 Å². The van der Waals surface area contributed by atoms with Gasteiger partial charge in [-0.2, -0.15) is 0 Å². The highest BCUT2D eigenvalue weighted by atomic mass is 16.3. The third kappa shape index (κ3) is 3.11. The van der Waals surface area contributed by atoms with Crippen molar-refractivity contribution in [3.8, 4) is 0 Å². The van der Waals surface area contributed by atoms with Gasteiger partial charge in [0.15, 0.2) is 11.5 Å². The van der Waals surface area contributed by atoms with Crippen LogP contribution in [-0.2, 0) is 11.3 Å². The Balaban J connectivity index is 1.79. The summed E-state index contributed by atoms with van der Waals surface area (Å²) < 4.78 is 5.45. The van der Waals surface area contributed by atoms with Crippen molar-refractivity contribution in [3.05, 3.63) is 107 Å². The zero-order valence-corrected chi connectivity index (χ0v) is 15.3. The summed E-state index contributed by atoms with van der Waals surface area (Å²) >= 11 is 0. The molecule has 0 radical (unpaired) electrons. The number of aryl methyl sites for hydroxylation is 1. The molecule has 2 aromatic carbocycles. The smallest absolute Gasteiger partial charge is 0.290 e. The quantitative estimate of drug-likeness (QED) is 0.674. The van der Waals surface area contributed by atoms with Gasteiger partial charge in [0, 0.05) is 6.54 Å². The average Bonchev–Trinajstić information content (AvgIpc) is 3.26. The van der Waals surface area contributed by atoms with E-state index >= 15 is 0 Å². The number of rotatable bonds is 5. The molecule has 5 heteroatoms. The first kappa shape index (κ1) is 17.8. The van der Waals surface area contributed by atoms with Gasteiger partial charge in [0.05, 0.1) is 11.6 Å². The van der Waals surface area contributed by atoms with Gasteiger partial charge >= 0.3 is 0 Å². The fraction of sp³-hybridized carbons (Fsp3) is 0.130. The lowest BCUT2D eigenvalue weighted by atomic mass is 9.95. The van der Waals surface area contributed by atoms with Crippen molar-refractivity contribution in [2.24, 2.45) is 0 Å². The lowest BCUT2D eigenvalue weighted by Gasteiger charge is -2.26. The molecular formula is C23H19NO4. The third-order valence-corrected chi connectivity index (χ3v) is 4.82. The summed E-state index contributed by atoms with van der Waals surface area (Å²) in [6, 6.07) is 21.3. The summed E-state index contributed by atoms with van der Waals surface area (Å²) in [7, 11) is 0. The number of ketones is 1. The molecule has 1 aliphatic heterocycles. The number of hydrogen-bond acceptors (Lipinski definition) is 4. The molecule has 1 unspecified atom stereocenters. The van der Waals surface area contributed by atoms with E-state index in [2.05, 4.69) is 0 Å². The second-order valence-corrected chi connectivity index (χ2v) is 6.73. The first-order chi connectivity index (χ1) is 13.6. The molecule has 1 aromatic heterocycles. The molecular weight excluding hydrogens is 354 g/mol. The van der Waals surface area contributed by atoms with Crippen LogP contribution >= 0.6 is 0 Å². The molecule has 0 aliphatic carbocycles. The first-order valence-electron chi connectivity index (χ1n) is 9.00. The molecule has 1 atom stereocenters. The van der Waals surface area contributed by atoms with E-state index in [1.54, 1.807) is 19.1 Å². The Morgan fingerprint density at radius 1 is 1.00 bits per heavy atom.